The van der Waals surface area contributed by atoms with Gasteiger partial charge in [-0.2, -0.15) is 0 Å². The van der Waals surface area contributed by atoms with Gasteiger partial charge in [-0.1, -0.05) is 0 Å². The average molecular weight is 398 g/mol. The van der Waals surface area contributed by atoms with E-state index < -0.39 is 0 Å². The molecule has 0 radical (unpaired) electrons. The zero-order valence-electron chi connectivity index (χ0n) is 11.3. The molecule has 1 aromatic rings. The number of rotatable bonds is 8. The predicted molar refractivity (Wildman–Crippen MR) is 88.4 cm³/mol. The molecule has 18 heavy (non-hydrogen) atoms. The van der Waals surface area contributed by atoms with Crippen LogP contribution < -0.4 is 5.32 Å². The molecule has 1 heterocycles. The summed E-state index contributed by atoms with van der Waals surface area (Å²) in [6.07, 6.45) is 2.50. The standard InChI is InChI=1S/C13H22Br2N2S/c1-10(2)17(3)7-5-4-6-16-9-11-8-12(14)13(15)18-11/h8,10,16H,4-7,9H2,1-3H3. The summed E-state index contributed by atoms with van der Waals surface area (Å²) < 4.78 is 2.33. The molecule has 0 bridgehead atoms. The molecule has 1 N–H and O–H groups in total. The summed E-state index contributed by atoms with van der Waals surface area (Å²) in [5.74, 6) is 0. The second-order valence-corrected chi connectivity index (χ2v) is 8.10. The Labute approximate surface area is 131 Å². The first-order valence-electron chi connectivity index (χ1n) is 6.35. The van der Waals surface area contributed by atoms with Crippen molar-refractivity contribution in [3.63, 3.8) is 0 Å². The van der Waals surface area contributed by atoms with Crippen LogP contribution in [0.5, 0.6) is 0 Å². The third-order valence-electron chi connectivity index (χ3n) is 2.99. The Bertz CT molecular complexity index is 333. The van der Waals surface area contributed by atoms with Crippen LogP contribution in [-0.2, 0) is 6.54 Å². The van der Waals surface area contributed by atoms with Crippen LogP contribution in [0.4, 0.5) is 0 Å². The highest BCUT2D eigenvalue weighted by Crippen LogP contribution is 2.32. The van der Waals surface area contributed by atoms with Crippen molar-refractivity contribution < 1.29 is 0 Å². The topological polar surface area (TPSA) is 15.3 Å². The van der Waals surface area contributed by atoms with Gasteiger partial charge in [0.05, 0.1) is 3.79 Å². The minimum Gasteiger partial charge on any atom is -0.312 e. The molecule has 104 valence electrons. The lowest BCUT2D eigenvalue weighted by Crippen LogP contribution is -2.27. The molecule has 0 aliphatic carbocycles. The molecule has 1 aromatic heterocycles. The van der Waals surface area contributed by atoms with Crippen LogP contribution in [0.25, 0.3) is 0 Å². The number of unbranched alkanes of at least 4 members (excludes halogenated alkanes) is 1. The SMILES string of the molecule is CC(C)N(C)CCCCNCc1cc(Br)c(Br)s1. The van der Waals surface area contributed by atoms with Crippen LogP contribution in [0, 0.1) is 0 Å². The van der Waals surface area contributed by atoms with E-state index in [1.54, 1.807) is 11.3 Å². The fraction of sp³-hybridized carbons (Fsp3) is 0.692. The van der Waals surface area contributed by atoms with Crippen LogP contribution in [0.2, 0.25) is 0 Å². The van der Waals surface area contributed by atoms with Crippen LogP contribution >= 0.6 is 43.2 Å². The maximum absolute atomic E-state index is 3.52. The highest BCUT2D eigenvalue weighted by molar-refractivity contribution is 9.13. The lowest BCUT2D eigenvalue weighted by atomic mass is 10.2. The van der Waals surface area contributed by atoms with Gasteiger partial charge in [-0.15, -0.1) is 11.3 Å². The summed E-state index contributed by atoms with van der Waals surface area (Å²) in [6.45, 7) is 7.74. The van der Waals surface area contributed by atoms with Crippen molar-refractivity contribution in [3.8, 4) is 0 Å². The van der Waals surface area contributed by atoms with E-state index in [1.165, 1.54) is 28.0 Å². The van der Waals surface area contributed by atoms with Crippen molar-refractivity contribution in [1.82, 2.24) is 10.2 Å². The zero-order valence-corrected chi connectivity index (χ0v) is 15.3. The molecule has 0 atom stereocenters. The van der Waals surface area contributed by atoms with Gasteiger partial charge in [-0.3, -0.25) is 0 Å². The third kappa shape index (κ3) is 6.15. The number of halogens is 2. The molecule has 0 aromatic carbocycles. The summed E-state index contributed by atoms with van der Waals surface area (Å²) in [4.78, 5) is 3.76. The summed E-state index contributed by atoms with van der Waals surface area (Å²) >= 11 is 8.81. The molecule has 2 nitrogen and oxygen atoms in total. The molecule has 0 spiro atoms. The third-order valence-corrected chi connectivity index (χ3v) is 6.25. The minimum absolute atomic E-state index is 0.652. The fourth-order valence-corrected chi connectivity index (χ4v) is 3.71. The first-order chi connectivity index (χ1) is 8.50. The van der Waals surface area contributed by atoms with Crippen molar-refractivity contribution in [3.05, 3.63) is 19.2 Å². The van der Waals surface area contributed by atoms with Crippen molar-refractivity contribution in [2.24, 2.45) is 0 Å². The summed E-state index contributed by atoms with van der Waals surface area (Å²) in [5.41, 5.74) is 0. The van der Waals surface area contributed by atoms with E-state index in [9.17, 15) is 0 Å². The van der Waals surface area contributed by atoms with Gasteiger partial charge in [0.15, 0.2) is 0 Å². The van der Waals surface area contributed by atoms with Crippen LogP contribution in [-0.4, -0.2) is 31.1 Å². The first-order valence-corrected chi connectivity index (χ1v) is 8.75. The lowest BCUT2D eigenvalue weighted by molar-refractivity contribution is 0.268. The Balaban J connectivity index is 2.05. The number of hydrogen-bond acceptors (Lipinski definition) is 3. The Kier molecular flexibility index (Phi) is 8.03. The number of nitrogens with zero attached hydrogens (tertiary/aromatic N) is 1. The Morgan fingerprint density at radius 1 is 1.33 bits per heavy atom. The van der Waals surface area contributed by atoms with Gasteiger partial charge in [0.25, 0.3) is 0 Å². The first kappa shape index (κ1) is 16.6. The molecule has 0 fully saturated rings. The van der Waals surface area contributed by atoms with Crippen LogP contribution in [0.15, 0.2) is 14.3 Å². The number of thiophene rings is 1. The molecule has 0 saturated carbocycles. The number of hydrogen-bond donors (Lipinski definition) is 1. The molecule has 0 aliphatic heterocycles. The van der Waals surface area contributed by atoms with Gasteiger partial charge in [-0.05, 0) is 84.8 Å². The van der Waals surface area contributed by atoms with E-state index in [0.717, 1.165) is 17.6 Å². The van der Waals surface area contributed by atoms with Gasteiger partial charge in [-0.25, -0.2) is 0 Å². The maximum Gasteiger partial charge on any atom is 0.0843 e. The van der Waals surface area contributed by atoms with Crippen molar-refractivity contribution >= 4 is 43.2 Å². The lowest BCUT2D eigenvalue weighted by Gasteiger charge is -2.20. The van der Waals surface area contributed by atoms with E-state index in [0.29, 0.717) is 6.04 Å². The molecule has 0 unspecified atom stereocenters. The van der Waals surface area contributed by atoms with E-state index in [1.807, 2.05) is 0 Å². The highest BCUT2D eigenvalue weighted by Gasteiger charge is 2.04. The summed E-state index contributed by atoms with van der Waals surface area (Å²) in [7, 11) is 2.19. The largest absolute Gasteiger partial charge is 0.312 e. The normalized spacial score (nSPS) is 11.7. The molecular formula is C13H22Br2N2S. The van der Waals surface area contributed by atoms with Gasteiger partial charge >= 0.3 is 0 Å². The molecule has 0 aliphatic rings. The number of nitrogens with one attached hydrogen (secondary N) is 1. The van der Waals surface area contributed by atoms with Crippen molar-refractivity contribution in [2.45, 2.75) is 39.3 Å². The van der Waals surface area contributed by atoms with Gasteiger partial charge < -0.3 is 10.2 Å². The monoisotopic (exact) mass is 396 g/mol. The second kappa shape index (κ2) is 8.69. The van der Waals surface area contributed by atoms with Crippen molar-refractivity contribution in [2.75, 3.05) is 20.1 Å². The van der Waals surface area contributed by atoms with E-state index in [-0.39, 0.29) is 0 Å². The van der Waals surface area contributed by atoms with Gasteiger partial charge in [0.2, 0.25) is 0 Å². The van der Waals surface area contributed by atoms with Gasteiger partial charge in [0, 0.05) is 21.9 Å². The molecule has 0 saturated heterocycles. The zero-order chi connectivity index (χ0) is 13.5. The fourth-order valence-electron chi connectivity index (χ4n) is 1.56. The molecule has 1 rings (SSSR count). The maximum atomic E-state index is 3.52. The minimum atomic E-state index is 0.652. The molecule has 5 heteroatoms. The smallest absolute Gasteiger partial charge is 0.0843 e. The van der Waals surface area contributed by atoms with E-state index >= 15 is 0 Å². The van der Waals surface area contributed by atoms with Crippen LogP contribution in [0.3, 0.4) is 0 Å². The Hall–Kier alpha value is 0.580. The molecule has 0 amide bonds. The Morgan fingerprint density at radius 3 is 2.61 bits per heavy atom. The Morgan fingerprint density at radius 2 is 2.06 bits per heavy atom. The average Bonchev–Trinajstić information content (AvgIpc) is 2.62. The highest BCUT2D eigenvalue weighted by atomic mass is 79.9. The van der Waals surface area contributed by atoms with Crippen molar-refractivity contribution in [1.29, 1.82) is 0 Å². The van der Waals surface area contributed by atoms with Crippen LogP contribution in [0.1, 0.15) is 31.6 Å². The van der Waals surface area contributed by atoms with Gasteiger partial charge in [0.1, 0.15) is 0 Å². The second-order valence-electron chi connectivity index (χ2n) is 4.79. The van der Waals surface area contributed by atoms with E-state index in [2.05, 4.69) is 69.0 Å². The predicted octanol–water partition coefficient (Wildman–Crippen LogP) is 4.48. The summed E-state index contributed by atoms with van der Waals surface area (Å²) in [6, 6.07) is 2.83. The quantitative estimate of drug-likeness (QED) is 0.650. The summed E-state index contributed by atoms with van der Waals surface area (Å²) in [5, 5.41) is 3.50. The molecular weight excluding hydrogens is 376 g/mol. The van der Waals surface area contributed by atoms with E-state index in [4.69, 9.17) is 0 Å².